The number of hydrogen-bond donors (Lipinski definition) is 0. The maximum absolute atomic E-state index is 5.41. The number of nitrogens with zero attached hydrogens (tertiary/aromatic N) is 4. The number of methoxy groups -OCH3 is 1. The van der Waals surface area contributed by atoms with E-state index >= 15 is 0 Å². The molecule has 0 fully saturated rings. The Morgan fingerprint density at radius 3 is 2.82 bits per heavy atom. The second kappa shape index (κ2) is 6.15. The minimum atomic E-state index is 0.783. The molecule has 5 nitrogen and oxygen atoms in total. The summed E-state index contributed by atoms with van der Waals surface area (Å²) in [5, 5.41) is 1.06. The summed E-state index contributed by atoms with van der Waals surface area (Å²) in [6, 6.07) is 10.0. The fourth-order valence-electron chi connectivity index (χ4n) is 2.44. The third kappa shape index (κ3) is 2.80. The maximum atomic E-state index is 5.41. The highest BCUT2D eigenvalue weighted by Gasteiger charge is 2.10. The first-order valence-corrected chi connectivity index (χ1v) is 7.29. The molecule has 0 amide bonds. The van der Waals surface area contributed by atoms with E-state index < -0.39 is 0 Å². The lowest BCUT2D eigenvalue weighted by Gasteiger charge is -2.12. The van der Waals surface area contributed by atoms with E-state index in [-0.39, 0.29) is 0 Å². The van der Waals surface area contributed by atoms with Crippen molar-refractivity contribution in [3.8, 4) is 17.3 Å². The fourth-order valence-corrected chi connectivity index (χ4v) is 2.44. The molecule has 0 aliphatic rings. The Labute approximate surface area is 130 Å². The van der Waals surface area contributed by atoms with Gasteiger partial charge in [0.2, 0.25) is 0 Å². The first kappa shape index (κ1) is 14.5. The van der Waals surface area contributed by atoms with Crippen LogP contribution in [0.2, 0.25) is 0 Å². The Morgan fingerprint density at radius 1 is 1.18 bits per heavy atom. The molecule has 2 heterocycles. The fraction of sp³-hybridized carbons (Fsp3) is 0.294. The molecule has 0 radical (unpaired) electrons. The van der Waals surface area contributed by atoms with Crippen LogP contribution in [0.5, 0.6) is 5.75 Å². The van der Waals surface area contributed by atoms with Crippen LogP contribution >= 0.6 is 0 Å². The molecule has 3 aromatic rings. The molecule has 0 aliphatic heterocycles. The molecule has 3 rings (SSSR count). The van der Waals surface area contributed by atoms with Crippen LogP contribution in [0, 0.1) is 0 Å². The Balaban J connectivity index is 2.02. The number of imidazole rings is 1. The van der Waals surface area contributed by atoms with Crippen LogP contribution in [-0.2, 0) is 6.54 Å². The number of fused-ring (bicyclic) bond motifs is 1. The summed E-state index contributed by atoms with van der Waals surface area (Å²) < 4.78 is 7.54. The van der Waals surface area contributed by atoms with Crippen LogP contribution in [0.3, 0.4) is 0 Å². The lowest BCUT2D eigenvalue weighted by atomic mass is 10.2. The van der Waals surface area contributed by atoms with Crippen molar-refractivity contribution in [2.75, 3.05) is 27.7 Å². The molecule has 0 unspecified atom stereocenters. The van der Waals surface area contributed by atoms with Crippen LogP contribution in [0.1, 0.15) is 0 Å². The zero-order valence-electron chi connectivity index (χ0n) is 13.2. The number of pyridine rings is 1. The van der Waals surface area contributed by atoms with Crippen LogP contribution < -0.4 is 4.74 Å². The standard InChI is InChI=1S/C17H20N4O/c1-20(2)11-12-21-10-9-18-17(21)14-8-7-13-5-4-6-15(22-3)16(13)19-14/h4-10H,11-12H2,1-3H3. The molecular formula is C17H20N4O. The van der Waals surface area contributed by atoms with E-state index in [1.165, 1.54) is 0 Å². The highest BCUT2D eigenvalue weighted by atomic mass is 16.5. The van der Waals surface area contributed by atoms with Gasteiger partial charge in [-0.05, 0) is 26.2 Å². The summed E-state index contributed by atoms with van der Waals surface area (Å²) in [6.07, 6.45) is 3.81. The summed E-state index contributed by atoms with van der Waals surface area (Å²) in [6.45, 7) is 1.84. The van der Waals surface area contributed by atoms with Crippen molar-refractivity contribution in [2.45, 2.75) is 6.54 Å². The molecule has 1 aromatic carbocycles. The SMILES string of the molecule is COc1cccc2ccc(-c3nccn3CCN(C)C)nc12. The third-order valence-corrected chi connectivity index (χ3v) is 3.64. The van der Waals surface area contributed by atoms with E-state index in [0.717, 1.165) is 41.3 Å². The Kier molecular flexibility index (Phi) is 4.06. The maximum Gasteiger partial charge on any atom is 0.158 e. The normalized spacial score (nSPS) is 11.3. The van der Waals surface area contributed by atoms with Gasteiger partial charge >= 0.3 is 0 Å². The molecular weight excluding hydrogens is 276 g/mol. The zero-order chi connectivity index (χ0) is 15.5. The lowest BCUT2D eigenvalue weighted by molar-refractivity contribution is 0.385. The van der Waals surface area contributed by atoms with Crippen LogP contribution in [0.25, 0.3) is 22.4 Å². The minimum Gasteiger partial charge on any atom is -0.494 e. The first-order chi connectivity index (χ1) is 10.7. The highest BCUT2D eigenvalue weighted by Crippen LogP contribution is 2.26. The Hall–Kier alpha value is -2.40. The van der Waals surface area contributed by atoms with Gasteiger partial charge in [0.15, 0.2) is 5.82 Å². The van der Waals surface area contributed by atoms with E-state index in [1.54, 1.807) is 7.11 Å². The molecule has 22 heavy (non-hydrogen) atoms. The molecule has 0 atom stereocenters. The van der Waals surface area contributed by atoms with Crippen molar-refractivity contribution >= 4 is 10.9 Å². The quantitative estimate of drug-likeness (QED) is 0.726. The summed E-state index contributed by atoms with van der Waals surface area (Å²) in [5.41, 5.74) is 1.73. The average molecular weight is 296 g/mol. The van der Waals surface area contributed by atoms with Crippen LogP contribution in [0.4, 0.5) is 0 Å². The van der Waals surface area contributed by atoms with Gasteiger partial charge in [-0.15, -0.1) is 0 Å². The monoisotopic (exact) mass is 296 g/mol. The van der Waals surface area contributed by atoms with E-state index in [4.69, 9.17) is 9.72 Å². The van der Waals surface area contributed by atoms with Crippen molar-refractivity contribution < 1.29 is 4.74 Å². The molecule has 2 aromatic heterocycles. The number of rotatable bonds is 5. The van der Waals surface area contributed by atoms with Crippen molar-refractivity contribution in [3.05, 3.63) is 42.7 Å². The van der Waals surface area contributed by atoms with Gasteiger partial charge < -0.3 is 14.2 Å². The van der Waals surface area contributed by atoms with Crippen molar-refractivity contribution in [3.63, 3.8) is 0 Å². The molecule has 114 valence electrons. The highest BCUT2D eigenvalue weighted by molar-refractivity contribution is 5.86. The number of likely N-dealkylation sites (N-methyl/N-ethyl adjacent to an activating group) is 1. The van der Waals surface area contributed by atoms with Gasteiger partial charge in [-0.3, -0.25) is 0 Å². The molecule has 0 spiro atoms. The molecule has 0 N–H and O–H groups in total. The number of para-hydroxylation sites is 1. The summed E-state index contributed by atoms with van der Waals surface area (Å²) in [7, 11) is 5.80. The van der Waals surface area contributed by atoms with Gasteiger partial charge in [0.1, 0.15) is 17.0 Å². The third-order valence-electron chi connectivity index (χ3n) is 3.64. The topological polar surface area (TPSA) is 43.2 Å². The van der Waals surface area contributed by atoms with E-state index in [0.29, 0.717) is 0 Å². The molecule has 0 saturated heterocycles. The largest absolute Gasteiger partial charge is 0.494 e. The van der Waals surface area contributed by atoms with E-state index in [2.05, 4.69) is 34.6 Å². The van der Waals surface area contributed by atoms with E-state index in [9.17, 15) is 0 Å². The number of aromatic nitrogens is 3. The van der Waals surface area contributed by atoms with Gasteiger partial charge in [-0.2, -0.15) is 0 Å². The zero-order valence-corrected chi connectivity index (χ0v) is 13.2. The molecule has 0 bridgehead atoms. The van der Waals surface area contributed by atoms with Gasteiger partial charge in [-0.1, -0.05) is 18.2 Å². The second-order valence-corrected chi connectivity index (χ2v) is 5.48. The smallest absolute Gasteiger partial charge is 0.158 e. The van der Waals surface area contributed by atoms with E-state index in [1.807, 2.05) is 36.7 Å². The predicted molar refractivity (Wildman–Crippen MR) is 88.1 cm³/mol. The Bertz CT molecular complexity index is 779. The molecule has 0 saturated carbocycles. The summed E-state index contributed by atoms with van der Waals surface area (Å²) in [4.78, 5) is 11.4. The van der Waals surface area contributed by atoms with Crippen molar-refractivity contribution in [2.24, 2.45) is 0 Å². The summed E-state index contributed by atoms with van der Waals surface area (Å²) in [5.74, 6) is 1.67. The predicted octanol–water partition coefficient (Wildman–Crippen LogP) is 2.67. The second-order valence-electron chi connectivity index (χ2n) is 5.48. The minimum absolute atomic E-state index is 0.783. The van der Waals surface area contributed by atoms with Gasteiger partial charge in [0, 0.05) is 30.9 Å². The number of hydrogen-bond acceptors (Lipinski definition) is 4. The first-order valence-electron chi connectivity index (χ1n) is 7.29. The number of ether oxygens (including phenoxy) is 1. The number of benzene rings is 1. The molecule has 5 heteroatoms. The molecule has 0 aliphatic carbocycles. The average Bonchev–Trinajstić information content (AvgIpc) is 3.00. The van der Waals surface area contributed by atoms with Crippen LogP contribution in [-0.4, -0.2) is 47.2 Å². The van der Waals surface area contributed by atoms with Crippen LogP contribution in [0.15, 0.2) is 42.7 Å². The Morgan fingerprint density at radius 2 is 2.05 bits per heavy atom. The van der Waals surface area contributed by atoms with Crippen molar-refractivity contribution in [1.29, 1.82) is 0 Å². The lowest BCUT2D eigenvalue weighted by Crippen LogP contribution is -2.18. The van der Waals surface area contributed by atoms with Gasteiger partial charge in [0.05, 0.1) is 7.11 Å². The van der Waals surface area contributed by atoms with Gasteiger partial charge in [-0.25, -0.2) is 9.97 Å². The van der Waals surface area contributed by atoms with Gasteiger partial charge in [0.25, 0.3) is 0 Å². The summed E-state index contributed by atoms with van der Waals surface area (Å²) >= 11 is 0. The van der Waals surface area contributed by atoms with Crippen molar-refractivity contribution in [1.82, 2.24) is 19.4 Å².